The first kappa shape index (κ1) is 13.2. The van der Waals surface area contributed by atoms with Crippen molar-refractivity contribution < 1.29 is 18.0 Å². The topological polar surface area (TPSA) is 44.1 Å². The average molecular weight is 218 g/mol. The molecule has 0 rings (SSSR count). The second-order valence-corrected chi connectivity index (χ2v) is 2.82. The van der Waals surface area contributed by atoms with E-state index in [0.29, 0.717) is 0 Å². The Labute approximate surface area is 85.1 Å². The van der Waals surface area contributed by atoms with Gasteiger partial charge in [-0.25, -0.2) is 0 Å². The zero-order valence-corrected chi connectivity index (χ0v) is 8.17. The summed E-state index contributed by atoms with van der Waals surface area (Å²) in [7, 11) is 3.31. The lowest BCUT2D eigenvalue weighted by Crippen LogP contribution is -2.23. The molecule has 0 fully saturated rings. The largest absolute Gasteiger partial charge is 0.455 e. The third kappa shape index (κ3) is 4.86. The molecule has 82 valence electrons. The van der Waals surface area contributed by atoms with Crippen LogP contribution in [0.5, 0.6) is 0 Å². The van der Waals surface area contributed by atoms with Crippen LogP contribution in [0.3, 0.4) is 0 Å². The zero-order valence-electron chi connectivity index (χ0n) is 8.17. The standard InChI is InChI=1S/C9H9F3N2O/c1-14(2)5-3-4-7(6-13)8(15)9(10,11)12/h3-5H,1-2H3/b5-3+,7-4+. The average Bonchev–Trinajstić information content (AvgIpc) is 2.09. The summed E-state index contributed by atoms with van der Waals surface area (Å²) < 4.78 is 35.7. The van der Waals surface area contributed by atoms with E-state index in [2.05, 4.69) is 0 Å². The van der Waals surface area contributed by atoms with Crippen LogP contribution >= 0.6 is 0 Å². The molecule has 0 aromatic rings. The molecule has 0 N–H and O–H groups in total. The van der Waals surface area contributed by atoms with Gasteiger partial charge in [-0.1, -0.05) is 0 Å². The smallest absolute Gasteiger partial charge is 0.383 e. The molecule has 0 saturated heterocycles. The van der Waals surface area contributed by atoms with Gasteiger partial charge in [0.05, 0.1) is 0 Å². The highest BCUT2D eigenvalue weighted by Crippen LogP contribution is 2.20. The molecule has 0 spiro atoms. The SMILES string of the molecule is CN(C)/C=C/C=C(\C#N)C(=O)C(F)(F)F. The van der Waals surface area contributed by atoms with Gasteiger partial charge in [0.2, 0.25) is 0 Å². The van der Waals surface area contributed by atoms with Crippen molar-refractivity contribution in [3.05, 3.63) is 23.9 Å². The Hall–Kier alpha value is -1.77. The van der Waals surface area contributed by atoms with Gasteiger partial charge in [0.15, 0.2) is 0 Å². The third-order valence-electron chi connectivity index (χ3n) is 1.27. The first-order valence-corrected chi connectivity index (χ1v) is 3.85. The monoisotopic (exact) mass is 218 g/mol. The normalized spacial score (nSPS) is 12.7. The first-order valence-electron chi connectivity index (χ1n) is 3.85. The molecule has 0 aliphatic heterocycles. The Morgan fingerprint density at radius 3 is 2.27 bits per heavy atom. The van der Waals surface area contributed by atoms with E-state index < -0.39 is 17.5 Å². The van der Waals surface area contributed by atoms with Crippen LogP contribution < -0.4 is 0 Å². The number of carbonyl (C=O) groups is 1. The van der Waals surface area contributed by atoms with Gasteiger partial charge in [-0.15, -0.1) is 0 Å². The minimum absolute atomic E-state index is 0.829. The maximum absolute atomic E-state index is 11.9. The van der Waals surface area contributed by atoms with E-state index in [1.165, 1.54) is 18.3 Å². The Bertz CT molecular complexity index is 334. The summed E-state index contributed by atoms with van der Waals surface area (Å²) in [4.78, 5) is 12.2. The van der Waals surface area contributed by atoms with Crippen LogP contribution in [-0.4, -0.2) is 31.0 Å². The molecule has 0 bridgehead atoms. The molecule has 6 heteroatoms. The van der Waals surface area contributed by atoms with Crippen LogP contribution in [0.2, 0.25) is 0 Å². The Morgan fingerprint density at radius 1 is 1.40 bits per heavy atom. The molecule has 0 aromatic heterocycles. The number of halogens is 3. The van der Waals surface area contributed by atoms with Crippen LogP contribution in [0.25, 0.3) is 0 Å². The van der Waals surface area contributed by atoms with Crippen molar-refractivity contribution in [2.45, 2.75) is 6.18 Å². The van der Waals surface area contributed by atoms with Gasteiger partial charge in [0, 0.05) is 14.1 Å². The van der Waals surface area contributed by atoms with Gasteiger partial charge in [0.25, 0.3) is 5.78 Å². The number of carbonyl (C=O) groups excluding carboxylic acids is 1. The van der Waals surface area contributed by atoms with E-state index in [4.69, 9.17) is 5.26 Å². The molecule has 0 saturated carbocycles. The summed E-state index contributed by atoms with van der Waals surface area (Å²) in [6, 6.07) is 1.20. The maximum atomic E-state index is 11.9. The van der Waals surface area contributed by atoms with Gasteiger partial charge < -0.3 is 4.90 Å². The van der Waals surface area contributed by atoms with Crippen LogP contribution in [0.1, 0.15) is 0 Å². The fourth-order valence-electron chi connectivity index (χ4n) is 0.628. The van der Waals surface area contributed by atoms with Gasteiger partial charge in [-0.2, -0.15) is 18.4 Å². The summed E-state index contributed by atoms with van der Waals surface area (Å²) in [6.45, 7) is 0. The fourth-order valence-corrected chi connectivity index (χ4v) is 0.628. The number of nitrogens with zero attached hydrogens (tertiary/aromatic N) is 2. The molecule has 3 nitrogen and oxygen atoms in total. The Balaban J connectivity index is 4.81. The molecule has 15 heavy (non-hydrogen) atoms. The van der Waals surface area contributed by atoms with Gasteiger partial charge in [-0.05, 0) is 18.4 Å². The molecular formula is C9H9F3N2O. The van der Waals surface area contributed by atoms with Crippen molar-refractivity contribution in [2.75, 3.05) is 14.1 Å². The summed E-state index contributed by atoms with van der Waals surface area (Å²) in [6.07, 6.45) is -1.56. The van der Waals surface area contributed by atoms with Crippen LogP contribution in [0.15, 0.2) is 23.9 Å². The quantitative estimate of drug-likeness (QED) is 0.411. The number of ketones is 1. The second-order valence-electron chi connectivity index (χ2n) is 2.82. The number of nitriles is 1. The molecule has 0 heterocycles. The predicted octanol–water partition coefficient (Wildman–Crippen LogP) is 1.64. The lowest BCUT2D eigenvalue weighted by atomic mass is 10.1. The van der Waals surface area contributed by atoms with Crippen molar-refractivity contribution in [2.24, 2.45) is 0 Å². The number of rotatable bonds is 3. The summed E-state index contributed by atoms with van der Waals surface area (Å²) in [5, 5.41) is 8.34. The fraction of sp³-hybridized carbons (Fsp3) is 0.333. The molecule has 0 aromatic carbocycles. The molecular weight excluding hydrogens is 209 g/mol. The predicted molar refractivity (Wildman–Crippen MR) is 47.6 cm³/mol. The summed E-state index contributed by atoms with van der Waals surface area (Å²) >= 11 is 0. The minimum atomic E-state index is -5.01. The van der Waals surface area contributed by atoms with Gasteiger partial charge in [-0.3, -0.25) is 4.79 Å². The molecule has 0 radical (unpaired) electrons. The van der Waals surface area contributed by atoms with Crippen molar-refractivity contribution in [3.63, 3.8) is 0 Å². The van der Waals surface area contributed by atoms with E-state index in [0.717, 1.165) is 6.08 Å². The summed E-state index contributed by atoms with van der Waals surface area (Å²) in [5.74, 6) is -2.13. The lowest BCUT2D eigenvalue weighted by Gasteiger charge is -2.03. The zero-order chi connectivity index (χ0) is 12.1. The molecule has 0 amide bonds. The summed E-state index contributed by atoms with van der Waals surface area (Å²) in [5.41, 5.74) is -0.930. The Morgan fingerprint density at radius 2 is 1.93 bits per heavy atom. The molecule has 0 aliphatic carbocycles. The number of allylic oxidation sites excluding steroid dienone is 3. The van der Waals surface area contributed by atoms with E-state index in [9.17, 15) is 18.0 Å². The van der Waals surface area contributed by atoms with Crippen molar-refractivity contribution in [3.8, 4) is 6.07 Å². The van der Waals surface area contributed by atoms with E-state index >= 15 is 0 Å². The van der Waals surface area contributed by atoms with Crippen LogP contribution in [0.4, 0.5) is 13.2 Å². The highest BCUT2D eigenvalue weighted by Gasteiger charge is 2.40. The van der Waals surface area contributed by atoms with Crippen molar-refractivity contribution in [1.82, 2.24) is 4.90 Å². The number of hydrogen-bond donors (Lipinski definition) is 0. The maximum Gasteiger partial charge on any atom is 0.455 e. The Kier molecular flexibility index (Phi) is 4.58. The van der Waals surface area contributed by atoms with Crippen LogP contribution in [-0.2, 0) is 4.79 Å². The number of alkyl halides is 3. The van der Waals surface area contributed by atoms with E-state index in [1.54, 1.807) is 19.0 Å². The van der Waals surface area contributed by atoms with Crippen molar-refractivity contribution in [1.29, 1.82) is 5.26 Å². The first-order chi connectivity index (χ1) is 6.79. The number of Topliss-reactive ketones (excluding diaryl/α,β-unsaturated/α-hetero) is 1. The highest BCUT2D eigenvalue weighted by atomic mass is 19.4. The third-order valence-corrected chi connectivity index (χ3v) is 1.27. The highest BCUT2D eigenvalue weighted by molar-refractivity contribution is 6.03. The van der Waals surface area contributed by atoms with Crippen molar-refractivity contribution >= 4 is 5.78 Å². The second kappa shape index (κ2) is 5.20. The lowest BCUT2D eigenvalue weighted by molar-refractivity contribution is -0.166. The van der Waals surface area contributed by atoms with Crippen LogP contribution in [0, 0.1) is 11.3 Å². The van der Waals surface area contributed by atoms with E-state index in [-0.39, 0.29) is 0 Å². The van der Waals surface area contributed by atoms with Gasteiger partial charge >= 0.3 is 6.18 Å². The molecule has 0 aliphatic rings. The minimum Gasteiger partial charge on any atom is -0.383 e. The molecule has 0 unspecified atom stereocenters. The van der Waals surface area contributed by atoms with Gasteiger partial charge in [0.1, 0.15) is 11.6 Å². The number of hydrogen-bond acceptors (Lipinski definition) is 3. The molecule has 0 atom stereocenters. The van der Waals surface area contributed by atoms with E-state index in [1.807, 2.05) is 0 Å².